The summed E-state index contributed by atoms with van der Waals surface area (Å²) in [6.07, 6.45) is -3.33. The molecule has 6 nitrogen and oxygen atoms in total. The Kier molecular flexibility index (Phi) is 5.08. The Labute approximate surface area is 168 Å². The standard InChI is InChI=1S/C20H16F4N2O4/c21-15-8-11(7-14-13(15)1-2-16(14)27)26-6-4-17(19(26)28)30-12-3-5-25-18(9-12)29-10-20(22,23)24/h3,5,7-9,17H,1-2,4,6,10H2/t17-/m1/s1. The van der Waals surface area contributed by atoms with Crippen LogP contribution in [0.3, 0.4) is 0 Å². The van der Waals surface area contributed by atoms with Crippen LogP contribution in [-0.2, 0) is 11.2 Å². The maximum Gasteiger partial charge on any atom is 0.422 e. The molecular weight excluding hydrogens is 408 g/mol. The Morgan fingerprint density at radius 2 is 1.97 bits per heavy atom. The minimum Gasteiger partial charge on any atom is -0.480 e. The number of ether oxygens (including phenoxy) is 2. The first-order valence-electron chi connectivity index (χ1n) is 9.20. The van der Waals surface area contributed by atoms with Gasteiger partial charge in [0.25, 0.3) is 5.91 Å². The molecular formula is C20H16F4N2O4. The van der Waals surface area contributed by atoms with Crippen LogP contribution in [0.15, 0.2) is 30.5 Å². The van der Waals surface area contributed by atoms with Crippen molar-refractivity contribution in [3.63, 3.8) is 0 Å². The number of fused-ring (bicyclic) bond motifs is 1. The molecule has 2 heterocycles. The molecule has 0 unspecified atom stereocenters. The molecule has 30 heavy (non-hydrogen) atoms. The molecule has 4 rings (SSSR count). The fraction of sp³-hybridized carbons (Fsp3) is 0.350. The Morgan fingerprint density at radius 1 is 1.17 bits per heavy atom. The second kappa shape index (κ2) is 7.58. The first-order chi connectivity index (χ1) is 14.2. The number of nitrogens with zero attached hydrogens (tertiary/aromatic N) is 2. The van der Waals surface area contributed by atoms with Gasteiger partial charge in [-0.15, -0.1) is 0 Å². The molecule has 1 aromatic heterocycles. The highest BCUT2D eigenvalue weighted by Gasteiger charge is 2.36. The van der Waals surface area contributed by atoms with E-state index in [1.165, 1.54) is 29.3 Å². The van der Waals surface area contributed by atoms with Crippen molar-refractivity contribution >= 4 is 17.4 Å². The lowest BCUT2D eigenvalue weighted by atomic mass is 10.1. The van der Waals surface area contributed by atoms with Crippen LogP contribution in [0.25, 0.3) is 0 Å². The van der Waals surface area contributed by atoms with Gasteiger partial charge in [-0.3, -0.25) is 9.59 Å². The molecule has 0 N–H and O–H groups in total. The monoisotopic (exact) mass is 424 g/mol. The summed E-state index contributed by atoms with van der Waals surface area (Å²) in [5.41, 5.74) is 0.940. The van der Waals surface area contributed by atoms with E-state index in [1.807, 2.05) is 0 Å². The molecule has 1 fully saturated rings. The first kappa shape index (κ1) is 20.1. The van der Waals surface area contributed by atoms with Crippen LogP contribution in [0.4, 0.5) is 23.2 Å². The van der Waals surface area contributed by atoms with Crippen LogP contribution in [0.5, 0.6) is 11.6 Å². The van der Waals surface area contributed by atoms with Gasteiger partial charge in [-0.1, -0.05) is 0 Å². The number of aromatic nitrogens is 1. The number of hydrogen-bond acceptors (Lipinski definition) is 5. The largest absolute Gasteiger partial charge is 0.480 e. The number of benzene rings is 1. The van der Waals surface area contributed by atoms with Gasteiger partial charge in [0, 0.05) is 42.9 Å². The van der Waals surface area contributed by atoms with E-state index in [2.05, 4.69) is 9.72 Å². The highest BCUT2D eigenvalue weighted by molar-refractivity contribution is 6.04. The third kappa shape index (κ3) is 4.07. The Balaban J connectivity index is 1.46. The summed E-state index contributed by atoms with van der Waals surface area (Å²) < 4.78 is 61.3. The number of carbonyl (C=O) groups excluding carboxylic acids is 2. The molecule has 1 atom stereocenters. The summed E-state index contributed by atoms with van der Waals surface area (Å²) in [6, 6.07) is 5.30. The van der Waals surface area contributed by atoms with E-state index < -0.39 is 30.6 Å². The van der Waals surface area contributed by atoms with Crippen LogP contribution in [0.1, 0.15) is 28.8 Å². The minimum atomic E-state index is -4.51. The maximum atomic E-state index is 14.3. The van der Waals surface area contributed by atoms with Crippen molar-refractivity contribution in [1.82, 2.24) is 4.98 Å². The predicted octanol–water partition coefficient (Wildman–Crippen LogP) is 3.48. The summed E-state index contributed by atoms with van der Waals surface area (Å²) in [4.78, 5) is 29.7. The lowest BCUT2D eigenvalue weighted by Crippen LogP contribution is -2.32. The van der Waals surface area contributed by atoms with Gasteiger partial charge in [0.1, 0.15) is 11.6 Å². The zero-order valence-corrected chi connectivity index (χ0v) is 15.5. The van der Waals surface area contributed by atoms with Crippen molar-refractivity contribution in [1.29, 1.82) is 0 Å². The Bertz CT molecular complexity index is 1010. The third-order valence-corrected chi connectivity index (χ3v) is 4.92. The van der Waals surface area contributed by atoms with Gasteiger partial charge in [0.05, 0.1) is 0 Å². The summed E-state index contributed by atoms with van der Waals surface area (Å²) in [5.74, 6) is -1.28. The molecule has 0 saturated carbocycles. The summed E-state index contributed by atoms with van der Waals surface area (Å²) in [6.45, 7) is -1.25. The van der Waals surface area contributed by atoms with Gasteiger partial charge in [0.15, 0.2) is 18.5 Å². The summed E-state index contributed by atoms with van der Waals surface area (Å²) in [5, 5.41) is 0. The molecule has 0 spiro atoms. The van der Waals surface area contributed by atoms with Crippen LogP contribution in [0.2, 0.25) is 0 Å². The first-order valence-corrected chi connectivity index (χ1v) is 9.20. The fourth-order valence-electron chi connectivity index (χ4n) is 3.54. The van der Waals surface area contributed by atoms with Gasteiger partial charge in [-0.2, -0.15) is 13.2 Å². The predicted molar refractivity (Wildman–Crippen MR) is 96.2 cm³/mol. The van der Waals surface area contributed by atoms with Gasteiger partial charge in [-0.25, -0.2) is 9.37 Å². The number of rotatable bonds is 5. The van der Waals surface area contributed by atoms with Gasteiger partial charge in [0.2, 0.25) is 5.88 Å². The number of pyridine rings is 1. The molecule has 2 aromatic rings. The van der Waals surface area contributed by atoms with Crippen molar-refractivity contribution in [3.05, 3.63) is 47.4 Å². The van der Waals surface area contributed by atoms with Crippen molar-refractivity contribution in [2.24, 2.45) is 0 Å². The molecule has 1 aliphatic heterocycles. The van der Waals surface area contributed by atoms with E-state index in [4.69, 9.17) is 4.74 Å². The molecule has 1 aromatic carbocycles. The van der Waals surface area contributed by atoms with Gasteiger partial charge < -0.3 is 14.4 Å². The van der Waals surface area contributed by atoms with E-state index in [0.29, 0.717) is 17.5 Å². The summed E-state index contributed by atoms with van der Waals surface area (Å²) >= 11 is 0. The smallest absolute Gasteiger partial charge is 0.422 e. The topological polar surface area (TPSA) is 68.7 Å². The molecule has 10 heteroatoms. The van der Waals surface area contributed by atoms with Crippen LogP contribution >= 0.6 is 0 Å². The second-order valence-corrected chi connectivity index (χ2v) is 7.00. The van der Waals surface area contributed by atoms with E-state index >= 15 is 0 Å². The highest BCUT2D eigenvalue weighted by atomic mass is 19.4. The number of hydrogen-bond donors (Lipinski definition) is 0. The van der Waals surface area contributed by atoms with Crippen LogP contribution < -0.4 is 14.4 Å². The number of carbonyl (C=O) groups is 2. The normalized spacial score (nSPS) is 18.7. The number of anilines is 1. The molecule has 1 saturated heterocycles. The van der Waals surface area contributed by atoms with Crippen LogP contribution in [-0.4, -0.2) is 42.1 Å². The van der Waals surface area contributed by atoms with E-state index in [9.17, 15) is 27.2 Å². The van der Waals surface area contributed by atoms with Gasteiger partial charge in [-0.05, 0) is 30.2 Å². The molecule has 158 valence electrons. The molecule has 1 amide bonds. The van der Waals surface area contributed by atoms with Crippen molar-refractivity contribution in [2.75, 3.05) is 18.1 Å². The quantitative estimate of drug-likeness (QED) is 0.688. The van der Waals surface area contributed by atoms with Crippen molar-refractivity contribution < 1.29 is 36.6 Å². The molecule has 0 bridgehead atoms. The Morgan fingerprint density at radius 3 is 2.73 bits per heavy atom. The molecule has 1 aliphatic carbocycles. The zero-order chi connectivity index (χ0) is 21.5. The number of Topliss-reactive ketones (excluding diaryl/α,β-unsaturated/α-hetero) is 1. The van der Waals surface area contributed by atoms with Crippen molar-refractivity contribution in [2.45, 2.75) is 31.5 Å². The van der Waals surface area contributed by atoms with Crippen molar-refractivity contribution in [3.8, 4) is 11.6 Å². The Hall–Kier alpha value is -3.17. The average Bonchev–Trinajstić information content (AvgIpc) is 3.24. The van der Waals surface area contributed by atoms with E-state index in [1.54, 1.807) is 0 Å². The molecule has 2 aliphatic rings. The van der Waals surface area contributed by atoms with E-state index in [-0.39, 0.29) is 42.5 Å². The fourth-order valence-corrected chi connectivity index (χ4v) is 3.54. The lowest BCUT2D eigenvalue weighted by Gasteiger charge is -2.18. The van der Waals surface area contributed by atoms with Gasteiger partial charge >= 0.3 is 6.18 Å². The number of halogens is 4. The summed E-state index contributed by atoms with van der Waals surface area (Å²) in [7, 11) is 0. The second-order valence-electron chi connectivity index (χ2n) is 7.00. The number of ketones is 1. The highest BCUT2D eigenvalue weighted by Crippen LogP contribution is 2.32. The third-order valence-electron chi connectivity index (χ3n) is 4.92. The maximum absolute atomic E-state index is 14.3. The van der Waals surface area contributed by atoms with E-state index in [0.717, 1.165) is 6.07 Å². The van der Waals surface area contributed by atoms with Crippen LogP contribution in [0, 0.1) is 5.82 Å². The SMILES string of the molecule is O=C1CCc2c(F)cc(N3CC[C@@H](Oc4ccnc(OCC(F)(F)F)c4)C3=O)cc21. The molecule has 0 radical (unpaired) electrons. The number of alkyl halides is 3. The zero-order valence-electron chi connectivity index (χ0n) is 15.5. The number of amides is 1. The minimum absolute atomic E-state index is 0.123. The lowest BCUT2D eigenvalue weighted by molar-refractivity contribution is -0.154. The average molecular weight is 424 g/mol.